The number of carbonyl (C=O) groups excluding carboxylic acids is 2. The number of benzene rings is 4. The number of rotatable bonds is 6. The van der Waals surface area contributed by atoms with Gasteiger partial charge in [0, 0.05) is 17.8 Å². The summed E-state index contributed by atoms with van der Waals surface area (Å²) in [6, 6.07) is 25.3. The Morgan fingerprint density at radius 1 is 0.853 bits per heavy atom. The molecule has 2 N–H and O–H groups in total. The van der Waals surface area contributed by atoms with Crippen molar-refractivity contribution in [1.29, 1.82) is 0 Å². The number of hydrogen-bond acceptors (Lipinski definition) is 4. The first kappa shape index (κ1) is 22.7. The zero-order valence-electron chi connectivity index (χ0n) is 17.7. The fourth-order valence-corrected chi connectivity index (χ4v) is 3.54. The van der Waals surface area contributed by atoms with E-state index in [4.69, 9.17) is 11.6 Å². The Labute approximate surface area is 199 Å². The maximum absolute atomic E-state index is 13.1. The highest BCUT2D eigenvalue weighted by molar-refractivity contribution is 6.34. The van der Waals surface area contributed by atoms with Crippen LogP contribution in [0.15, 0.2) is 96.7 Å². The van der Waals surface area contributed by atoms with Crippen molar-refractivity contribution in [2.75, 3.05) is 5.32 Å². The lowest BCUT2D eigenvalue weighted by Gasteiger charge is -2.12. The lowest BCUT2D eigenvalue weighted by molar-refractivity contribution is -0.384. The first-order valence-electron chi connectivity index (χ1n) is 10.2. The third-order valence-corrected chi connectivity index (χ3v) is 5.36. The van der Waals surface area contributed by atoms with Gasteiger partial charge in [0.1, 0.15) is 5.70 Å². The van der Waals surface area contributed by atoms with Gasteiger partial charge in [-0.3, -0.25) is 19.7 Å². The van der Waals surface area contributed by atoms with Crippen molar-refractivity contribution in [1.82, 2.24) is 5.32 Å². The van der Waals surface area contributed by atoms with Gasteiger partial charge in [0.2, 0.25) is 0 Å². The van der Waals surface area contributed by atoms with Crippen LogP contribution in [0.1, 0.15) is 15.9 Å². The summed E-state index contributed by atoms with van der Waals surface area (Å²) in [7, 11) is 0. The molecule has 0 aliphatic rings. The van der Waals surface area contributed by atoms with Crippen LogP contribution in [0.2, 0.25) is 5.02 Å². The van der Waals surface area contributed by atoms with Crippen molar-refractivity contribution < 1.29 is 14.5 Å². The molecule has 0 aliphatic carbocycles. The summed E-state index contributed by atoms with van der Waals surface area (Å²) in [4.78, 5) is 36.4. The first-order valence-corrected chi connectivity index (χ1v) is 10.6. The Bertz CT molecular complexity index is 1430. The van der Waals surface area contributed by atoms with Crippen LogP contribution in [0.5, 0.6) is 0 Å². The van der Waals surface area contributed by atoms with E-state index in [-0.39, 0.29) is 22.0 Å². The number of anilines is 1. The molecular formula is C26H18ClN3O4. The Morgan fingerprint density at radius 3 is 2.24 bits per heavy atom. The van der Waals surface area contributed by atoms with Crippen molar-refractivity contribution in [2.45, 2.75) is 0 Å². The van der Waals surface area contributed by atoms with Gasteiger partial charge in [-0.1, -0.05) is 54.1 Å². The van der Waals surface area contributed by atoms with Gasteiger partial charge < -0.3 is 10.6 Å². The molecule has 0 atom stereocenters. The maximum Gasteiger partial charge on any atom is 0.272 e. The minimum Gasteiger partial charge on any atom is -0.321 e. The average Bonchev–Trinajstić information content (AvgIpc) is 2.84. The minimum atomic E-state index is -0.563. The van der Waals surface area contributed by atoms with Gasteiger partial charge in [0.15, 0.2) is 0 Å². The van der Waals surface area contributed by atoms with E-state index in [0.717, 1.165) is 10.8 Å². The van der Waals surface area contributed by atoms with E-state index in [1.54, 1.807) is 30.3 Å². The van der Waals surface area contributed by atoms with E-state index < -0.39 is 16.7 Å². The standard InChI is InChI=1S/C26H18ClN3O4/c27-23-8-4-3-7-22(23)25(31)29-24(15-17-9-13-21(14-10-17)30(33)34)26(32)28-20-12-11-18-5-1-2-6-19(18)16-20/h1-16H,(H,28,32)(H,29,31). The van der Waals surface area contributed by atoms with Crippen LogP contribution in [-0.4, -0.2) is 16.7 Å². The third-order valence-electron chi connectivity index (χ3n) is 5.03. The summed E-state index contributed by atoms with van der Waals surface area (Å²) < 4.78 is 0. The normalized spacial score (nSPS) is 11.1. The van der Waals surface area contributed by atoms with Crippen molar-refractivity contribution in [3.05, 3.63) is 123 Å². The number of fused-ring (bicyclic) bond motifs is 1. The van der Waals surface area contributed by atoms with Gasteiger partial charge in [-0.2, -0.15) is 0 Å². The van der Waals surface area contributed by atoms with Gasteiger partial charge in [0.25, 0.3) is 17.5 Å². The van der Waals surface area contributed by atoms with Gasteiger partial charge in [-0.25, -0.2) is 0 Å². The molecule has 8 heteroatoms. The number of halogens is 1. The number of amides is 2. The van der Waals surface area contributed by atoms with Crippen LogP contribution in [0, 0.1) is 10.1 Å². The summed E-state index contributed by atoms with van der Waals surface area (Å²) in [6.07, 6.45) is 1.44. The largest absolute Gasteiger partial charge is 0.321 e. The van der Waals surface area contributed by atoms with E-state index in [0.29, 0.717) is 11.3 Å². The molecule has 0 radical (unpaired) electrons. The molecule has 0 aromatic heterocycles. The number of hydrogen-bond donors (Lipinski definition) is 2. The van der Waals surface area contributed by atoms with Crippen LogP contribution in [0.3, 0.4) is 0 Å². The molecule has 0 unspecified atom stereocenters. The Morgan fingerprint density at radius 2 is 1.53 bits per heavy atom. The second-order valence-corrected chi connectivity index (χ2v) is 7.76. The van der Waals surface area contributed by atoms with Gasteiger partial charge in [-0.15, -0.1) is 0 Å². The van der Waals surface area contributed by atoms with E-state index in [9.17, 15) is 19.7 Å². The molecule has 4 aromatic carbocycles. The second-order valence-electron chi connectivity index (χ2n) is 7.36. The predicted octanol–water partition coefficient (Wildman–Crippen LogP) is 5.81. The molecule has 168 valence electrons. The fraction of sp³-hybridized carbons (Fsp3) is 0. The fourth-order valence-electron chi connectivity index (χ4n) is 3.32. The van der Waals surface area contributed by atoms with Crippen LogP contribution in [0.4, 0.5) is 11.4 Å². The van der Waals surface area contributed by atoms with Gasteiger partial charge >= 0.3 is 0 Å². The predicted molar refractivity (Wildman–Crippen MR) is 133 cm³/mol. The highest BCUT2D eigenvalue weighted by Crippen LogP contribution is 2.21. The number of nitro groups is 1. The van der Waals surface area contributed by atoms with Crippen molar-refractivity contribution in [3.63, 3.8) is 0 Å². The van der Waals surface area contributed by atoms with E-state index in [1.807, 2.05) is 36.4 Å². The Kier molecular flexibility index (Phi) is 6.66. The molecule has 7 nitrogen and oxygen atoms in total. The lowest BCUT2D eigenvalue weighted by atomic mass is 10.1. The van der Waals surface area contributed by atoms with Crippen LogP contribution < -0.4 is 10.6 Å². The van der Waals surface area contributed by atoms with Gasteiger partial charge in [-0.05, 0) is 58.8 Å². The molecule has 0 aliphatic heterocycles. The smallest absolute Gasteiger partial charge is 0.272 e. The first-order chi connectivity index (χ1) is 16.4. The maximum atomic E-state index is 13.1. The molecule has 0 saturated heterocycles. The van der Waals surface area contributed by atoms with Crippen LogP contribution in [-0.2, 0) is 4.79 Å². The monoisotopic (exact) mass is 471 g/mol. The zero-order chi connectivity index (χ0) is 24.1. The van der Waals surface area contributed by atoms with Crippen molar-refractivity contribution in [3.8, 4) is 0 Å². The highest BCUT2D eigenvalue weighted by Gasteiger charge is 2.17. The number of non-ortho nitro benzene ring substituents is 1. The number of nitro benzene ring substituents is 1. The van der Waals surface area contributed by atoms with Crippen LogP contribution in [0.25, 0.3) is 16.8 Å². The molecule has 0 bridgehead atoms. The number of carbonyl (C=O) groups is 2. The molecule has 0 saturated carbocycles. The molecule has 4 rings (SSSR count). The van der Waals surface area contributed by atoms with E-state index in [2.05, 4.69) is 10.6 Å². The molecule has 34 heavy (non-hydrogen) atoms. The average molecular weight is 472 g/mol. The molecular weight excluding hydrogens is 454 g/mol. The molecule has 2 amide bonds. The topological polar surface area (TPSA) is 101 Å². The zero-order valence-corrected chi connectivity index (χ0v) is 18.5. The molecule has 4 aromatic rings. The molecule has 0 spiro atoms. The number of nitrogens with zero attached hydrogens (tertiary/aromatic N) is 1. The van der Waals surface area contributed by atoms with E-state index in [1.165, 1.54) is 30.3 Å². The Hall–Kier alpha value is -4.49. The minimum absolute atomic E-state index is 0.0491. The lowest BCUT2D eigenvalue weighted by Crippen LogP contribution is -2.30. The quantitative estimate of drug-likeness (QED) is 0.210. The van der Waals surface area contributed by atoms with Crippen LogP contribution >= 0.6 is 11.6 Å². The molecule has 0 fully saturated rings. The highest BCUT2D eigenvalue weighted by atomic mass is 35.5. The summed E-state index contributed by atoms with van der Waals surface area (Å²) in [5, 5.41) is 18.5. The summed E-state index contributed by atoms with van der Waals surface area (Å²) in [5.41, 5.74) is 1.11. The third kappa shape index (κ3) is 5.28. The van der Waals surface area contributed by atoms with Gasteiger partial charge in [0.05, 0.1) is 15.5 Å². The van der Waals surface area contributed by atoms with Crippen molar-refractivity contribution >= 4 is 51.6 Å². The summed E-state index contributed by atoms with van der Waals surface area (Å²) >= 11 is 6.13. The summed E-state index contributed by atoms with van der Waals surface area (Å²) in [6.45, 7) is 0. The van der Waals surface area contributed by atoms with E-state index >= 15 is 0 Å². The second kappa shape index (κ2) is 9.97. The Balaban J connectivity index is 1.65. The summed E-state index contributed by atoms with van der Waals surface area (Å²) in [5.74, 6) is -1.12. The SMILES string of the molecule is O=C(Nc1ccc2ccccc2c1)C(=Cc1ccc([N+](=O)[O-])cc1)NC(=O)c1ccccc1Cl. The number of nitrogens with one attached hydrogen (secondary N) is 2. The van der Waals surface area contributed by atoms with Crippen molar-refractivity contribution in [2.24, 2.45) is 0 Å². The molecule has 0 heterocycles.